The molecular formula is C15H21NO2. The maximum Gasteiger partial charge on any atom is 0.303 e. The van der Waals surface area contributed by atoms with Crippen LogP contribution in [0.2, 0.25) is 0 Å². The molecule has 1 heterocycles. The van der Waals surface area contributed by atoms with Gasteiger partial charge in [-0.3, -0.25) is 4.79 Å². The molecule has 0 saturated carbocycles. The zero-order chi connectivity index (χ0) is 13.0. The van der Waals surface area contributed by atoms with Gasteiger partial charge in [0.25, 0.3) is 0 Å². The van der Waals surface area contributed by atoms with E-state index in [4.69, 9.17) is 5.11 Å². The average Bonchev–Trinajstić information content (AvgIpc) is 2.78. The van der Waals surface area contributed by atoms with Crippen LogP contribution in [0.5, 0.6) is 0 Å². The summed E-state index contributed by atoms with van der Waals surface area (Å²) < 4.78 is 0. The summed E-state index contributed by atoms with van der Waals surface area (Å²) in [6.45, 7) is 5.25. The molecule has 1 unspecified atom stereocenters. The molecule has 1 aromatic rings. The van der Waals surface area contributed by atoms with Crippen molar-refractivity contribution in [3.8, 4) is 0 Å². The Morgan fingerprint density at radius 3 is 2.94 bits per heavy atom. The summed E-state index contributed by atoms with van der Waals surface area (Å²) in [5.41, 5.74) is 2.83. The Labute approximate surface area is 108 Å². The lowest BCUT2D eigenvalue weighted by Crippen LogP contribution is -2.22. The van der Waals surface area contributed by atoms with E-state index in [1.165, 1.54) is 17.5 Å². The number of rotatable bonds is 5. The molecule has 1 fully saturated rings. The van der Waals surface area contributed by atoms with E-state index < -0.39 is 5.97 Å². The van der Waals surface area contributed by atoms with Gasteiger partial charge < -0.3 is 10.0 Å². The molecule has 0 spiro atoms. The second kappa shape index (κ2) is 6.01. The summed E-state index contributed by atoms with van der Waals surface area (Å²) in [4.78, 5) is 12.9. The lowest BCUT2D eigenvalue weighted by molar-refractivity contribution is -0.137. The molecule has 3 nitrogen and oxygen atoms in total. The van der Waals surface area contributed by atoms with Gasteiger partial charge in [0.1, 0.15) is 0 Å². The van der Waals surface area contributed by atoms with Crippen molar-refractivity contribution in [3.63, 3.8) is 0 Å². The molecule has 3 heteroatoms. The Morgan fingerprint density at radius 2 is 2.22 bits per heavy atom. The normalized spacial score (nSPS) is 20.2. The summed E-state index contributed by atoms with van der Waals surface area (Å²) >= 11 is 0. The zero-order valence-corrected chi connectivity index (χ0v) is 10.9. The SMILES string of the molecule is Cc1ccccc1C1CCN(CCCC(=O)O)C1. The molecule has 18 heavy (non-hydrogen) atoms. The lowest BCUT2D eigenvalue weighted by atomic mass is 9.94. The fraction of sp³-hybridized carbons (Fsp3) is 0.533. The number of carbonyl (C=O) groups is 1. The van der Waals surface area contributed by atoms with Crippen molar-refractivity contribution in [1.29, 1.82) is 0 Å². The van der Waals surface area contributed by atoms with Gasteiger partial charge in [-0.05, 0) is 49.9 Å². The van der Waals surface area contributed by atoms with Gasteiger partial charge in [-0.2, -0.15) is 0 Å². The molecule has 1 aromatic carbocycles. The van der Waals surface area contributed by atoms with Crippen molar-refractivity contribution in [2.45, 2.75) is 32.1 Å². The third-order valence-corrected chi connectivity index (χ3v) is 3.77. The molecule has 1 atom stereocenters. The van der Waals surface area contributed by atoms with Crippen LogP contribution in [-0.4, -0.2) is 35.6 Å². The predicted octanol–water partition coefficient (Wildman–Crippen LogP) is 2.65. The van der Waals surface area contributed by atoms with Crippen LogP contribution in [0.4, 0.5) is 0 Å². The van der Waals surface area contributed by atoms with Crippen LogP contribution >= 0.6 is 0 Å². The first-order valence-electron chi connectivity index (χ1n) is 6.66. The van der Waals surface area contributed by atoms with Gasteiger partial charge in [0.05, 0.1) is 0 Å². The first kappa shape index (κ1) is 13.1. The van der Waals surface area contributed by atoms with Crippen LogP contribution in [0.15, 0.2) is 24.3 Å². The summed E-state index contributed by atoms with van der Waals surface area (Å²) in [5, 5.41) is 8.64. The standard InChI is InChI=1S/C15H21NO2/c1-12-5-2-3-6-14(12)13-8-10-16(11-13)9-4-7-15(17)18/h2-3,5-6,13H,4,7-11H2,1H3,(H,17,18). The number of aryl methyl sites for hydroxylation is 1. The molecule has 1 aliphatic heterocycles. The smallest absolute Gasteiger partial charge is 0.303 e. The van der Waals surface area contributed by atoms with Gasteiger partial charge in [0, 0.05) is 13.0 Å². The van der Waals surface area contributed by atoms with Crippen LogP contribution in [0.25, 0.3) is 0 Å². The highest BCUT2D eigenvalue weighted by Gasteiger charge is 2.24. The molecule has 0 aliphatic carbocycles. The summed E-state index contributed by atoms with van der Waals surface area (Å²) in [7, 11) is 0. The van der Waals surface area contributed by atoms with E-state index in [-0.39, 0.29) is 6.42 Å². The van der Waals surface area contributed by atoms with Gasteiger partial charge >= 0.3 is 5.97 Å². The van der Waals surface area contributed by atoms with E-state index in [9.17, 15) is 4.79 Å². The molecule has 1 N–H and O–H groups in total. The van der Waals surface area contributed by atoms with Gasteiger partial charge in [0.15, 0.2) is 0 Å². The molecule has 0 radical (unpaired) electrons. The first-order valence-corrected chi connectivity index (χ1v) is 6.66. The van der Waals surface area contributed by atoms with Crippen LogP contribution in [0.1, 0.15) is 36.3 Å². The minimum absolute atomic E-state index is 0.283. The van der Waals surface area contributed by atoms with E-state index in [0.29, 0.717) is 5.92 Å². The zero-order valence-electron chi connectivity index (χ0n) is 10.9. The fourth-order valence-electron chi connectivity index (χ4n) is 2.79. The highest BCUT2D eigenvalue weighted by molar-refractivity contribution is 5.66. The first-order chi connectivity index (χ1) is 8.66. The second-order valence-corrected chi connectivity index (χ2v) is 5.14. The highest BCUT2D eigenvalue weighted by atomic mass is 16.4. The molecular weight excluding hydrogens is 226 g/mol. The average molecular weight is 247 g/mol. The van der Waals surface area contributed by atoms with E-state index in [2.05, 4.69) is 36.1 Å². The van der Waals surface area contributed by atoms with Crippen LogP contribution in [-0.2, 0) is 4.79 Å². The number of aliphatic carboxylic acids is 1. The van der Waals surface area contributed by atoms with E-state index in [0.717, 1.165) is 26.1 Å². The summed E-state index contributed by atoms with van der Waals surface area (Å²) in [6.07, 6.45) is 2.24. The largest absolute Gasteiger partial charge is 0.481 e. The van der Waals surface area contributed by atoms with Crippen molar-refractivity contribution in [2.24, 2.45) is 0 Å². The molecule has 0 aromatic heterocycles. The topological polar surface area (TPSA) is 40.5 Å². The Hall–Kier alpha value is -1.35. The van der Waals surface area contributed by atoms with Crippen LogP contribution in [0, 0.1) is 6.92 Å². The summed E-state index contributed by atoms with van der Waals surface area (Å²) in [5.74, 6) is -0.0688. The minimum atomic E-state index is -0.690. The van der Waals surface area contributed by atoms with Crippen molar-refractivity contribution < 1.29 is 9.90 Å². The second-order valence-electron chi connectivity index (χ2n) is 5.14. The van der Waals surface area contributed by atoms with Crippen molar-refractivity contribution >= 4 is 5.97 Å². The van der Waals surface area contributed by atoms with Gasteiger partial charge in [-0.25, -0.2) is 0 Å². The van der Waals surface area contributed by atoms with Crippen molar-refractivity contribution in [1.82, 2.24) is 4.90 Å². The molecule has 1 aliphatic rings. The van der Waals surface area contributed by atoms with E-state index in [1.807, 2.05) is 0 Å². The Kier molecular flexibility index (Phi) is 4.37. The number of likely N-dealkylation sites (tertiary alicyclic amines) is 1. The molecule has 0 amide bonds. The maximum absolute atomic E-state index is 10.5. The van der Waals surface area contributed by atoms with E-state index in [1.54, 1.807) is 0 Å². The molecule has 98 valence electrons. The van der Waals surface area contributed by atoms with Crippen LogP contribution in [0.3, 0.4) is 0 Å². The maximum atomic E-state index is 10.5. The monoisotopic (exact) mass is 247 g/mol. The Morgan fingerprint density at radius 1 is 1.44 bits per heavy atom. The fourth-order valence-corrected chi connectivity index (χ4v) is 2.79. The number of hydrogen-bond donors (Lipinski definition) is 1. The number of hydrogen-bond acceptors (Lipinski definition) is 2. The van der Waals surface area contributed by atoms with Gasteiger partial charge in [-0.15, -0.1) is 0 Å². The number of nitrogens with zero attached hydrogens (tertiary/aromatic N) is 1. The highest BCUT2D eigenvalue weighted by Crippen LogP contribution is 2.29. The Balaban J connectivity index is 1.85. The molecule has 2 rings (SSSR count). The minimum Gasteiger partial charge on any atom is -0.481 e. The lowest BCUT2D eigenvalue weighted by Gasteiger charge is -2.16. The number of carboxylic acid groups (broad SMARTS) is 1. The van der Waals surface area contributed by atoms with Crippen LogP contribution < -0.4 is 0 Å². The van der Waals surface area contributed by atoms with E-state index >= 15 is 0 Å². The third kappa shape index (κ3) is 3.33. The van der Waals surface area contributed by atoms with Gasteiger partial charge in [-0.1, -0.05) is 24.3 Å². The molecule has 0 bridgehead atoms. The quantitative estimate of drug-likeness (QED) is 0.869. The number of benzene rings is 1. The van der Waals surface area contributed by atoms with Crippen molar-refractivity contribution in [2.75, 3.05) is 19.6 Å². The third-order valence-electron chi connectivity index (χ3n) is 3.77. The summed E-state index contributed by atoms with van der Waals surface area (Å²) in [6, 6.07) is 8.58. The van der Waals surface area contributed by atoms with Gasteiger partial charge in [0.2, 0.25) is 0 Å². The Bertz CT molecular complexity index is 417. The predicted molar refractivity (Wildman–Crippen MR) is 71.8 cm³/mol. The number of carboxylic acids is 1. The van der Waals surface area contributed by atoms with Crippen molar-refractivity contribution in [3.05, 3.63) is 35.4 Å². The molecule has 1 saturated heterocycles.